The molecule has 1 aromatic heterocycles. The van der Waals surface area contributed by atoms with Gasteiger partial charge in [0.2, 0.25) is 0 Å². The fourth-order valence-corrected chi connectivity index (χ4v) is 2.76. The van der Waals surface area contributed by atoms with Crippen molar-refractivity contribution in [1.29, 1.82) is 0 Å². The minimum absolute atomic E-state index is 0.571. The lowest BCUT2D eigenvalue weighted by Gasteiger charge is -2.26. The third-order valence-electron chi connectivity index (χ3n) is 2.11. The molecule has 1 N–H and O–H groups in total. The molecule has 1 saturated heterocycles. The molecule has 2 heterocycles. The van der Waals surface area contributed by atoms with Gasteiger partial charge in [-0.1, -0.05) is 0 Å². The number of nitrogens with one attached hydrogen (secondary N) is 1. The van der Waals surface area contributed by atoms with Crippen LogP contribution in [0.2, 0.25) is 0 Å². The molecule has 0 spiro atoms. The molecule has 0 radical (unpaired) electrons. The van der Waals surface area contributed by atoms with Crippen molar-refractivity contribution in [3.05, 3.63) is 20.3 Å². The van der Waals surface area contributed by atoms with Crippen LogP contribution in [0.3, 0.4) is 0 Å². The monoisotopic (exact) mass is 261 g/mol. The molecule has 2 nitrogen and oxygen atoms in total. The van der Waals surface area contributed by atoms with Crippen molar-refractivity contribution < 1.29 is 4.74 Å². The summed E-state index contributed by atoms with van der Waals surface area (Å²) < 4.78 is 6.31. The normalized spacial score (nSPS) is 17.4. The van der Waals surface area contributed by atoms with Crippen molar-refractivity contribution in [3.63, 3.8) is 0 Å². The Balaban J connectivity index is 1.86. The highest BCUT2D eigenvalue weighted by Gasteiger charge is 2.17. The van der Waals surface area contributed by atoms with E-state index in [1.54, 1.807) is 0 Å². The van der Waals surface area contributed by atoms with Crippen LogP contribution >= 0.6 is 27.3 Å². The zero-order valence-corrected chi connectivity index (χ0v) is 9.87. The van der Waals surface area contributed by atoms with Gasteiger partial charge in [0.25, 0.3) is 0 Å². The van der Waals surface area contributed by atoms with Crippen LogP contribution < -0.4 is 5.32 Å². The molecule has 0 saturated carbocycles. The summed E-state index contributed by atoms with van der Waals surface area (Å²) in [6, 6.07) is 2.76. The largest absolute Gasteiger partial charge is 0.378 e. The van der Waals surface area contributed by atoms with Gasteiger partial charge < -0.3 is 10.1 Å². The predicted octanol–water partition coefficient (Wildman–Crippen LogP) is 2.31. The van der Waals surface area contributed by atoms with Gasteiger partial charge >= 0.3 is 0 Å². The van der Waals surface area contributed by atoms with E-state index in [0.717, 1.165) is 19.8 Å². The fourth-order valence-electron chi connectivity index (χ4n) is 1.20. The number of aryl methyl sites for hydroxylation is 1. The van der Waals surface area contributed by atoms with E-state index in [2.05, 4.69) is 34.2 Å². The Kier molecular flexibility index (Phi) is 3.03. The molecule has 1 aromatic rings. The Morgan fingerprint density at radius 3 is 2.92 bits per heavy atom. The molecular formula is C9H12BrNOS. The maximum Gasteiger partial charge on any atom is 0.0643 e. The van der Waals surface area contributed by atoms with Crippen molar-refractivity contribution >= 4 is 27.3 Å². The van der Waals surface area contributed by atoms with Gasteiger partial charge in [-0.25, -0.2) is 0 Å². The molecule has 0 bridgehead atoms. The summed E-state index contributed by atoms with van der Waals surface area (Å²) >= 11 is 5.35. The van der Waals surface area contributed by atoms with Crippen molar-refractivity contribution in [2.45, 2.75) is 19.5 Å². The second-order valence-electron chi connectivity index (χ2n) is 3.23. The molecule has 0 aromatic carbocycles. The van der Waals surface area contributed by atoms with Crippen molar-refractivity contribution in [2.24, 2.45) is 0 Å². The standard InChI is InChI=1S/C9H12BrNOS/c1-6-9(10)2-8(13-6)3-11-7-4-12-5-7/h2,7,11H,3-5H2,1H3. The van der Waals surface area contributed by atoms with Gasteiger partial charge in [-0.15, -0.1) is 11.3 Å². The van der Waals surface area contributed by atoms with Gasteiger partial charge in [-0.05, 0) is 28.9 Å². The zero-order valence-electron chi connectivity index (χ0n) is 7.47. The molecular weight excluding hydrogens is 250 g/mol. The van der Waals surface area contributed by atoms with Crippen molar-refractivity contribution in [3.8, 4) is 0 Å². The van der Waals surface area contributed by atoms with Crippen LogP contribution in [0, 0.1) is 6.92 Å². The average molecular weight is 262 g/mol. The number of hydrogen-bond donors (Lipinski definition) is 1. The predicted molar refractivity (Wildman–Crippen MR) is 58.2 cm³/mol. The van der Waals surface area contributed by atoms with Crippen LogP contribution in [0.4, 0.5) is 0 Å². The molecule has 1 aliphatic heterocycles. The van der Waals surface area contributed by atoms with Crippen LogP contribution in [0.15, 0.2) is 10.5 Å². The van der Waals surface area contributed by atoms with Gasteiger partial charge in [0.15, 0.2) is 0 Å². The van der Waals surface area contributed by atoms with Crippen LogP contribution in [0.5, 0.6) is 0 Å². The highest BCUT2D eigenvalue weighted by Crippen LogP contribution is 2.26. The summed E-state index contributed by atoms with van der Waals surface area (Å²) in [5.74, 6) is 0. The fraction of sp³-hybridized carbons (Fsp3) is 0.556. The minimum Gasteiger partial charge on any atom is -0.378 e. The summed E-state index contributed by atoms with van der Waals surface area (Å²) in [6.07, 6.45) is 0. The minimum atomic E-state index is 0.571. The molecule has 0 unspecified atom stereocenters. The van der Waals surface area contributed by atoms with E-state index < -0.39 is 0 Å². The second kappa shape index (κ2) is 4.09. The van der Waals surface area contributed by atoms with Gasteiger partial charge in [0.05, 0.1) is 19.3 Å². The van der Waals surface area contributed by atoms with Gasteiger partial charge in [-0.2, -0.15) is 0 Å². The molecule has 4 heteroatoms. The highest BCUT2D eigenvalue weighted by atomic mass is 79.9. The summed E-state index contributed by atoms with van der Waals surface area (Å²) in [5.41, 5.74) is 0. The van der Waals surface area contributed by atoms with Crippen LogP contribution in [0.25, 0.3) is 0 Å². The molecule has 1 aliphatic rings. The molecule has 1 fully saturated rings. The summed E-state index contributed by atoms with van der Waals surface area (Å²) in [4.78, 5) is 2.73. The number of ether oxygens (including phenoxy) is 1. The van der Waals surface area contributed by atoms with E-state index in [-0.39, 0.29) is 0 Å². The first-order chi connectivity index (χ1) is 6.25. The molecule has 0 aliphatic carbocycles. The van der Waals surface area contributed by atoms with Crippen LogP contribution in [0.1, 0.15) is 9.75 Å². The molecule has 13 heavy (non-hydrogen) atoms. The third kappa shape index (κ3) is 2.31. The topological polar surface area (TPSA) is 21.3 Å². The Morgan fingerprint density at radius 1 is 1.69 bits per heavy atom. The number of rotatable bonds is 3. The van der Waals surface area contributed by atoms with E-state index in [0.29, 0.717) is 6.04 Å². The third-order valence-corrected chi connectivity index (χ3v) is 4.25. The van der Waals surface area contributed by atoms with E-state index in [1.807, 2.05) is 11.3 Å². The molecule has 0 atom stereocenters. The highest BCUT2D eigenvalue weighted by molar-refractivity contribution is 9.10. The Hall–Kier alpha value is 0.100. The van der Waals surface area contributed by atoms with Gasteiger partial charge in [0, 0.05) is 20.8 Å². The lowest BCUT2D eigenvalue weighted by atomic mass is 10.2. The first kappa shape index (κ1) is 9.65. The maximum atomic E-state index is 5.08. The van der Waals surface area contributed by atoms with E-state index >= 15 is 0 Å². The van der Waals surface area contributed by atoms with Gasteiger partial charge in [0.1, 0.15) is 0 Å². The van der Waals surface area contributed by atoms with E-state index in [1.165, 1.54) is 14.2 Å². The quantitative estimate of drug-likeness (QED) is 0.902. The Labute approximate surface area is 90.4 Å². The molecule has 72 valence electrons. The summed E-state index contributed by atoms with van der Waals surface area (Å²) in [6.45, 7) is 4.83. The first-order valence-corrected chi connectivity index (χ1v) is 5.92. The zero-order chi connectivity index (χ0) is 9.26. The van der Waals surface area contributed by atoms with E-state index in [9.17, 15) is 0 Å². The lowest BCUT2D eigenvalue weighted by Crippen LogP contribution is -2.45. The molecule has 2 rings (SSSR count). The summed E-state index contributed by atoms with van der Waals surface area (Å²) in [5, 5.41) is 3.44. The lowest BCUT2D eigenvalue weighted by molar-refractivity contribution is -0.00567. The van der Waals surface area contributed by atoms with Crippen molar-refractivity contribution in [1.82, 2.24) is 5.32 Å². The van der Waals surface area contributed by atoms with Crippen molar-refractivity contribution in [2.75, 3.05) is 13.2 Å². The average Bonchev–Trinajstić information content (AvgIpc) is 2.28. The summed E-state index contributed by atoms with van der Waals surface area (Å²) in [7, 11) is 0. The van der Waals surface area contributed by atoms with Crippen LogP contribution in [-0.2, 0) is 11.3 Å². The van der Waals surface area contributed by atoms with Gasteiger partial charge in [-0.3, -0.25) is 0 Å². The SMILES string of the molecule is Cc1sc(CNC2COC2)cc1Br. The Bertz CT molecular complexity index is 276. The molecule has 0 amide bonds. The van der Waals surface area contributed by atoms with E-state index in [4.69, 9.17) is 4.74 Å². The first-order valence-electron chi connectivity index (χ1n) is 4.31. The number of hydrogen-bond acceptors (Lipinski definition) is 3. The second-order valence-corrected chi connectivity index (χ2v) is 5.43. The number of thiophene rings is 1. The number of halogens is 1. The maximum absolute atomic E-state index is 5.08. The van der Waals surface area contributed by atoms with Crippen LogP contribution in [-0.4, -0.2) is 19.3 Å². The smallest absolute Gasteiger partial charge is 0.0643 e. The Morgan fingerprint density at radius 2 is 2.46 bits per heavy atom.